The second-order valence-corrected chi connectivity index (χ2v) is 6.89. The van der Waals surface area contributed by atoms with Crippen LogP contribution in [0.3, 0.4) is 0 Å². The Kier molecular flexibility index (Phi) is 6.95. The number of amides is 1. The number of anilines is 1. The van der Waals surface area contributed by atoms with E-state index in [1.165, 1.54) is 4.57 Å². The van der Waals surface area contributed by atoms with Crippen molar-refractivity contribution in [2.24, 2.45) is 0 Å². The Labute approximate surface area is 175 Å². The molecule has 152 valence electrons. The van der Waals surface area contributed by atoms with Gasteiger partial charge in [0.25, 0.3) is 5.56 Å². The first-order chi connectivity index (χ1) is 14.6. The lowest BCUT2D eigenvalue weighted by molar-refractivity contribution is -0.121. The monoisotopic (exact) mass is 401 g/mol. The summed E-state index contributed by atoms with van der Waals surface area (Å²) in [6.07, 6.45) is 2.34. The van der Waals surface area contributed by atoms with Gasteiger partial charge in [-0.05, 0) is 36.6 Å². The van der Waals surface area contributed by atoms with Crippen molar-refractivity contribution >= 4 is 11.7 Å². The van der Waals surface area contributed by atoms with E-state index in [2.05, 4.69) is 21.7 Å². The van der Waals surface area contributed by atoms with Crippen LogP contribution in [0.15, 0.2) is 65.6 Å². The number of benzene rings is 2. The van der Waals surface area contributed by atoms with Gasteiger partial charge in [0, 0.05) is 25.0 Å². The molecule has 0 saturated heterocycles. The van der Waals surface area contributed by atoms with E-state index in [4.69, 9.17) is 5.26 Å². The lowest BCUT2D eigenvalue weighted by Crippen LogP contribution is -2.34. The van der Waals surface area contributed by atoms with Crippen LogP contribution in [0, 0.1) is 18.3 Å². The first-order valence-corrected chi connectivity index (χ1v) is 9.67. The first kappa shape index (κ1) is 20.8. The standard InChI is InChI=1S/C23H23N5O2/c1-17-14-27-22(25-11-10-18-6-3-2-4-7-18)23(30)28(17)16-21(29)26-15-20-9-5-8-19(12-20)13-24/h2-9,12,14H,10-11,15-16H2,1H3,(H,25,27)(H,26,29). The summed E-state index contributed by atoms with van der Waals surface area (Å²) in [6, 6.07) is 19.1. The molecule has 0 unspecified atom stereocenters. The minimum atomic E-state index is -0.329. The second-order valence-electron chi connectivity index (χ2n) is 6.89. The third kappa shape index (κ3) is 5.55. The van der Waals surface area contributed by atoms with Gasteiger partial charge in [0.15, 0.2) is 5.82 Å². The summed E-state index contributed by atoms with van der Waals surface area (Å²) in [4.78, 5) is 29.3. The van der Waals surface area contributed by atoms with Crippen LogP contribution in [-0.4, -0.2) is 22.0 Å². The van der Waals surface area contributed by atoms with E-state index in [0.29, 0.717) is 17.8 Å². The Bertz CT molecular complexity index is 1120. The highest BCUT2D eigenvalue weighted by atomic mass is 16.2. The maximum Gasteiger partial charge on any atom is 0.293 e. The molecule has 3 aromatic rings. The number of hydrogen-bond donors (Lipinski definition) is 2. The van der Waals surface area contributed by atoms with E-state index >= 15 is 0 Å². The molecule has 0 aliphatic rings. The topological polar surface area (TPSA) is 99.8 Å². The highest BCUT2D eigenvalue weighted by Gasteiger charge is 2.11. The van der Waals surface area contributed by atoms with Gasteiger partial charge in [-0.1, -0.05) is 42.5 Å². The van der Waals surface area contributed by atoms with Gasteiger partial charge in [0.05, 0.1) is 11.6 Å². The molecule has 7 nitrogen and oxygen atoms in total. The summed E-state index contributed by atoms with van der Waals surface area (Å²) < 4.78 is 1.40. The van der Waals surface area contributed by atoms with Crippen LogP contribution in [0.1, 0.15) is 22.4 Å². The molecule has 3 rings (SSSR count). The lowest BCUT2D eigenvalue weighted by atomic mass is 10.1. The molecule has 0 fully saturated rings. The van der Waals surface area contributed by atoms with Crippen molar-refractivity contribution in [1.29, 1.82) is 5.26 Å². The number of carbonyl (C=O) groups is 1. The summed E-state index contributed by atoms with van der Waals surface area (Å²) in [5.41, 5.74) is 2.80. The van der Waals surface area contributed by atoms with Crippen LogP contribution < -0.4 is 16.2 Å². The molecule has 1 heterocycles. The average Bonchev–Trinajstić information content (AvgIpc) is 2.77. The number of nitrogens with one attached hydrogen (secondary N) is 2. The second kappa shape index (κ2) is 10.0. The van der Waals surface area contributed by atoms with Crippen LogP contribution in [-0.2, 0) is 24.3 Å². The summed E-state index contributed by atoms with van der Waals surface area (Å²) in [5.74, 6) is -0.0601. The van der Waals surface area contributed by atoms with Crippen LogP contribution in [0.4, 0.5) is 5.82 Å². The average molecular weight is 401 g/mol. The fraction of sp³-hybridized carbons (Fsp3) is 0.217. The number of nitrogens with zero attached hydrogens (tertiary/aromatic N) is 3. The van der Waals surface area contributed by atoms with E-state index in [1.807, 2.05) is 36.4 Å². The molecule has 0 saturated carbocycles. The molecular formula is C23H23N5O2. The Balaban J connectivity index is 1.60. The maximum atomic E-state index is 12.7. The summed E-state index contributed by atoms with van der Waals surface area (Å²) in [5, 5.41) is 14.8. The predicted octanol–water partition coefficient (Wildman–Crippen LogP) is 2.39. The molecule has 2 aromatic carbocycles. The third-order valence-electron chi connectivity index (χ3n) is 4.65. The molecule has 0 spiro atoms. The molecule has 7 heteroatoms. The Morgan fingerprint density at radius 3 is 2.67 bits per heavy atom. The molecular weight excluding hydrogens is 378 g/mol. The highest BCUT2D eigenvalue weighted by molar-refractivity contribution is 5.75. The first-order valence-electron chi connectivity index (χ1n) is 9.67. The molecule has 0 aliphatic carbocycles. The van der Waals surface area contributed by atoms with Crippen molar-refractivity contribution in [1.82, 2.24) is 14.9 Å². The van der Waals surface area contributed by atoms with Crippen molar-refractivity contribution < 1.29 is 4.79 Å². The molecule has 2 N–H and O–H groups in total. The Hall–Kier alpha value is -3.92. The zero-order valence-corrected chi connectivity index (χ0v) is 16.8. The summed E-state index contributed by atoms with van der Waals surface area (Å²) in [6.45, 7) is 2.50. The smallest absolute Gasteiger partial charge is 0.293 e. The van der Waals surface area contributed by atoms with Gasteiger partial charge in [0.2, 0.25) is 5.91 Å². The number of carbonyl (C=O) groups excluding carboxylic acids is 1. The highest BCUT2D eigenvalue weighted by Crippen LogP contribution is 2.05. The zero-order valence-electron chi connectivity index (χ0n) is 16.8. The van der Waals surface area contributed by atoms with Crippen LogP contribution in [0.25, 0.3) is 0 Å². The van der Waals surface area contributed by atoms with Crippen molar-refractivity contribution in [3.8, 4) is 6.07 Å². The quantitative estimate of drug-likeness (QED) is 0.604. The SMILES string of the molecule is Cc1cnc(NCCc2ccccc2)c(=O)n1CC(=O)NCc1cccc(C#N)c1. The zero-order chi connectivity index (χ0) is 21.3. The number of aryl methyl sites for hydroxylation is 1. The fourth-order valence-electron chi connectivity index (χ4n) is 3.01. The van der Waals surface area contributed by atoms with Gasteiger partial charge in [-0.2, -0.15) is 5.26 Å². The molecule has 0 radical (unpaired) electrons. The Morgan fingerprint density at radius 1 is 1.13 bits per heavy atom. The lowest BCUT2D eigenvalue weighted by Gasteiger charge is -2.13. The summed E-state index contributed by atoms with van der Waals surface area (Å²) >= 11 is 0. The van der Waals surface area contributed by atoms with E-state index in [0.717, 1.165) is 17.5 Å². The van der Waals surface area contributed by atoms with Crippen molar-refractivity contribution in [2.45, 2.75) is 26.4 Å². The van der Waals surface area contributed by atoms with Gasteiger partial charge >= 0.3 is 0 Å². The third-order valence-corrected chi connectivity index (χ3v) is 4.65. The van der Waals surface area contributed by atoms with Gasteiger partial charge < -0.3 is 10.6 Å². The predicted molar refractivity (Wildman–Crippen MR) is 115 cm³/mol. The van der Waals surface area contributed by atoms with Crippen molar-refractivity contribution in [3.63, 3.8) is 0 Å². The number of rotatable bonds is 8. The van der Waals surface area contributed by atoms with Gasteiger partial charge in [-0.15, -0.1) is 0 Å². The fourth-order valence-corrected chi connectivity index (χ4v) is 3.01. The largest absolute Gasteiger partial charge is 0.365 e. The summed E-state index contributed by atoms with van der Waals surface area (Å²) in [7, 11) is 0. The van der Waals surface area contributed by atoms with E-state index in [9.17, 15) is 9.59 Å². The molecule has 30 heavy (non-hydrogen) atoms. The maximum absolute atomic E-state index is 12.7. The number of hydrogen-bond acceptors (Lipinski definition) is 5. The number of nitriles is 1. The van der Waals surface area contributed by atoms with Gasteiger partial charge in [0.1, 0.15) is 6.54 Å². The molecule has 0 bridgehead atoms. The van der Waals surface area contributed by atoms with Gasteiger partial charge in [-0.3, -0.25) is 14.2 Å². The van der Waals surface area contributed by atoms with E-state index in [1.54, 1.807) is 31.3 Å². The molecule has 1 amide bonds. The Morgan fingerprint density at radius 2 is 1.90 bits per heavy atom. The normalized spacial score (nSPS) is 10.3. The van der Waals surface area contributed by atoms with Crippen molar-refractivity contribution in [2.75, 3.05) is 11.9 Å². The number of aromatic nitrogens is 2. The molecule has 1 aromatic heterocycles. The van der Waals surface area contributed by atoms with E-state index < -0.39 is 0 Å². The minimum absolute atomic E-state index is 0.0987. The van der Waals surface area contributed by atoms with Crippen molar-refractivity contribution in [3.05, 3.63) is 93.5 Å². The molecule has 0 aliphatic heterocycles. The molecule has 0 atom stereocenters. The van der Waals surface area contributed by atoms with Crippen LogP contribution in [0.5, 0.6) is 0 Å². The van der Waals surface area contributed by atoms with Gasteiger partial charge in [-0.25, -0.2) is 4.98 Å². The van der Waals surface area contributed by atoms with E-state index in [-0.39, 0.29) is 30.4 Å². The van der Waals surface area contributed by atoms with Crippen LogP contribution >= 0.6 is 0 Å². The minimum Gasteiger partial charge on any atom is -0.365 e. The van der Waals surface area contributed by atoms with Crippen LogP contribution in [0.2, 0.25) is 0 Å².